The van der Waals surface area contributed by atoms with E-state index in [1.165, 1.54) is 35.1 Å². The lowest BCUT2D eigenvalue weighted by atomic mass is 9.34. The van der Waals surface area contributed by atoms with Gasteiger partial charge < -0.3 is 29.2 Å². The number of nitrogens with zero attached hydrogens (tertiary/aromatic N) is 1. The van der Waals surface area contributed by atoms with Crippen LogP contribution in [0, 0.1) is 58.2 Å². The largest absolute Gasteiger partial charge is 0.392 e. The summed E-state index contributed by atoms with van der Waals surface area (Å²) in [5.41, 5.74) is 7.62. The van der Waals surface area contributed by atoms with Crippen LogP contribution >= 0.6 is 0 Å². The van der Waals surface area contributed by atoms with Crippen molar-refractivity contribution in [2.75, 3.05) is 13.2 Å². The summed E-state index contributed by atoms with van der Waals surface area (Å²) >= 11 is 0. The van der Waals surface area contributed by atoms with E-state index in [1.54, 1.807) is 0 Å². The van der Waals surface area contributed by atoms with Crippen molar-refractivity contribution in [3.05, 3.63) is 70.1 Å². The Morgan fingerprint density at radius 3 is 2.40 bits per heavy atom. The zero-order valence-electron chi connectivity index (χ0n) is 38.9. The number of carbonyl (C=O) groups is 2. The number of carbonyl (C=O) groups excluding carboxylic acids is 2. The standard InChI is InChI=1S/C54H74N2O6/c1-31-23-33(26-35(24-31)34-16-21-61-22-17-34)27-36-29-56(39-15-20-55-46(36)39)30-38-45-44(32(2)25-40(57)49-50(3,4)62-49)41(58)28-53(45,7)52(6)19-13-42-51(5,48(52)47(38)60)18-14-43(59)54(42,8)37-11-9-10-12-37/h15,20,23-24,26,29,32,34,37-38,40,42,47-49,55,57,60H,9-14,16-19,21-22,25,27-28,30H2,1-8H3/t32-,38-,40-,42-,47-,48-,49-,51-,52+,53+,54+/m1/s1. The summed E-state index contributed by atoms with van der Waals surface area (Å²) in [6, 6.07) is 9.26. The molecule has 62 heavy (non-hydrogen) atoms. The van der Waals surface area contributed by atoms with Gasteiger partial charge in [-0.3, -0.25) is 9.59 Å². The number of benzene rings is 1. The average molecular weight is 847 g/mol. The van der Waals surface area contributed by atoms with Crippen LogP contribution in [-0.2, 0) is 32.0 Å². The first-order valence-corrected chi connectivity index (χ1v) is 24.6. The Morgan fingerprint density at radius 2 is 1.69 bits per heavy atom. The monoisotopic (exact) mass is 847 g/mol. The molecule has 8 nitrogen and oxygen atoms in total. The van der Waals surface area contributed by atoms with Crippen LogP contribution in [0.25, 0.3) is 11.0 Å². The van der Waals surface area contributed by atoms with Crippen molar-refractivity contribution in [1.82, 2.24) is 9.55 Å². The Bertz CT molecular complexity index is 2290. The van der Waals surface area contributed by atoms with Gasteiger partial charge in [-0.05, 0) is 146 Å². The zero-order valence-corrected chi connectivity index (χ0v) is 38.9. The van der Waals surface area contributed by atoms with Crippen LogP contribution < -0.4 is 0 Å². The molecule has 1 aromatic carbocycles. The van der Waals surface area contributed by atoms with Gasteiger partial charge in [-0.1, -0.05) is 71.2 Å². The molecular weight excluding hydrogens is 773 g/mol. The summed E-state index contributed by atoms with van der Waals surface area (Å²) in [6.45, 7) is 20.1. The summed E-state index contributed by atoms with van der Waals surface area (Å²) in [4.78, 5) is 32.8. The second-order valence-corrected chi connectivity index (χ2v) is 23.2. The van der Waals surface area contributed by atoms with E-state index in [9.17, 15) is 19.8 Å². The quantitative estimate of drug-likeness (QED) is 0.175. The topological polar surface area (TPSA) is 117 Å². The highest BCUT2D eigenvalue weighted by Gasteiger charge is 2.73. The molecule has 8 heteroatoms. The summed E-state index contributed by atoms with van der Waals surface area (Å²) in [5.74, 6) is 1.17. The van der Waals surface area contributed by atoms with Crippen molar-refractivity contribution >= 4 is 22.6 Å². The van der Waals surface area contributed by atoms with Gasteiger partial charge in [0.15, 0.2) is 5.78 Å². The molecule has 0 spiro atoms. The molecule has 0 unspecified atom stereocenters. The fraction of sp³-hybridized carbons (Fsp3) is 0.704. The molecule has 2 saturated heterocycles. The van der Waals surface area contributed by atoms with E-state index >= 15 is 0 Å². The van der Waals surface area contributed by atoms with Crippen molar-refractivity contribution in [1.29, 1.82) is 0 Å². The molecule has 3 N–H and O–H groups in total. The number of nitrogens with one attached hydrogen (secondary N) is 1. The molecule has 0 radical (unpaired) electrons. The Balaban J connectivity index is 1.07. The average Bonchev–Trinajstić information content (AvgIpc) is 3.80. The van der Waals surface area contributed by atoms with E-state index < -0.39 is 17.6 Å². The molecule has 2 aliphatic heterocycles. The van der Waals surface area contributed by atoms with E-state index in [2.05, 4.69) is 81.6 Å². The Morgan fingerprint density at radius 1 is 0.968 bits per heavy atom. The first-order valence-electron chi connectivity index (χ1n) is 24.6. The molecule has 7 aliphatic rings. The SMILES string of the molecule is Cc1cc(Cc2cn(C[C@@H]3C4=C([C@H](C)C[C@@H](O)[C@H]5OC5(C)C)C(=O)C[C@]4(C)[C@@]4(C)CC[C@@H]5[C@@](C)(CCC(=O)[C@@]5(C)C5CCCC5)[C@H]4[C@@H]3O)c3cc[nH]c23)cc(C2CCOCC2)c1. The highest BCUT2D eigenvalue weighted by atomic mass is 16.6. The minimum atomic E-state index is -0.709. The lowest BCUT2D eigenvalue weighted by Gasteiger charge is -2.70. The second-order valence-electron chi connectivity index (χ2n) is 23.2. The number of H-pyrrole nitrogens is 1. The number of hydrogen-bond donors (Lipinski definition) is 3. The minimum Gasteiger partial charge on any atom is -0.392 e. The highest BCUT2D eigenvalue weighted by Crippen LogP contribution is 2.76. The number of hydrogen-bond acceptors (Lipinski definition) is 6. The molecule has 10 rings (SSSR count). The molecule has 4 heterocycles. The van der Waals surface area contributed by atoms with E-state index in [-0.39, 0.29) is 57.4 Å². The number of rotatable bonds is 10. The first-order chi connectivity index (χ1) is 29.4. The molecule has 3 aromatic rings. The molecule has 2 aromatic heterocycles. The van der Waals surface area contributed by atoms with Gasteiger partial charge in [-0.2, -0.15) is 0 Å². The second kappa shape index (κ2) is 15.0. The lowest BCUT2D eigenvalue weighted by molar-refractivity contribution is -0.226. The fourth-order valence-electron chi connectivity index (χ4n) is 16.3. The third-order valence-electron chi connectivity index (χ3n) is 19.5. The van der Waals surface area contributed by atoms with Crippen LogP contribution in [-0.4, -0.2) is 68.5 Å². The van der Waals surface area contributed by atoms with Gasteiger partial charge in [0.2, 0.25) is 0 Å². The van der Waals surface area contributed by atoms with E-state index in [1.807, 2.05) is 20.0 Å². The zero-order chi connectivity index (χ0) is 43.7. The minimum absolute atomic E-state index is 0.0808. The van der Waals surface area contributed by atoms with Crippen molar-refractivity contribution in [3.63, 3.8) is 0 Å². The van der Waals surface area contributed by atoms with Crippen molar-refractivity contribution in [2.24, 2.45) is 51.2 Å². The highest BCUT2D eigenvalue weighted by molar-refractivity contribution is 6.01. The van der Waals surface area contributed by atoms with Gasteiger partial charge in [0, 0.05) is 68.2 Å². The number of aromatic nitrogens is 2. The lowest BCUT2D eigenvalue weighted by Crippen LogP contribution is -2.68. The number of allylic oxidation sites excluding steroid dienone is 1. The smallest absolute Gasteiger partial charge is 0.160 e. The maximum Gasteiger partial charge on any atom is 0.160 e. The van der Waals surface area contributed by atoms with E-state index in [4.69, 9.17) is 9.47 Å². The third-order valence-corrected chi connectivity index (χ3v) is 19.5. The van der Waals surface area contributed by atoms with Gasteiger partial charge in [-0.25, -0.2) is 0 Å². The number of ketones is 2. The van der Waals surface area contributed by atoms with Gasteiger partial charge in [0.1, 0.15) is 11.9 Å². The van der Waals surface area contributed by atoms with Crippen LogP contribution in [0.15, 0.2) is 47.8 Å². The van der Waals surface area contributed by atoms with Crippen LogP contribution in [0.4, 0.5) is 0 Å². The molecule has 11 atom stereocenters. The molecule has 5 aliphatic carbocycles. The predicted molar refractivity (Wildman–Crippen MR) is 243 cm³/mol. The van der Waals surface area contributed by atoms with Crippen LogP contribution in [0.1, 0.15) is 154 Å². The number of fused-ring (bicyclic) bond motifs is 6. The normalized spacial score (nSPS) is 38.3. The fourth-order valence-corrected chi connectivity index (χ4v) is 16.3. The predicted octanol–water partition coefficient (Wildman–Crippen LogP) is 10.2. The first kappa shape index (κ1) is 42.9. The van der Waals surface area contributed by atoms with Gasteiger partial charge in [0.25, 0.3) is 0 Å². The summed E-state index contributed by atoms with van der Waals surface area (Å²) in [7, 11) is 0. The van der Waals surface area contributed by atoms with Crippen LogP contribution in [0.3, 0.4) is 0 Å². The molecular formula is C54H74N2O6. The molecule has 336 valence electrons. The number of aliphatic hydroxyl groups is 2. The number of aromatic amines is 1. The number of ether oxygens (including phenoxy) is 2. The Kier molecular flexibility index (Phi) is 10.4. The van der Waals surface area contributed by atoms with Crippen LogP contribution in [0.5, 0.6) is 0 Å². The van der Waals surface area contributed by atoms with Gasteiger partial charge >= 0.3 is 0 Å². The molecule has 0 amide bonds. The molecule has 0 bridgehead atoms. The third kappa shape index (κ3) is 6.40. The van der Waals surface area contributed by atoms with E-state index in [0.29, 0.717) is 43.4 Å². The number of aliphatic hydroxyl groups excluding tert-OH is 2. The maximum atomic E-state index is 14.9. The molecule has 6 fully saturated rings. The van der Waals surface area contributed by atoms with Gasteiger partial charge in [-0.15, -0.1) is 0 Å². The number of epoxide rings is 1. The maximum absolute atomic E-state index is 14.9. The van der Waals surface area contributed by atoms with Crippen LogP contribution in [0.2, 0.25) is 0 Å². The Labute approximate surface area is 370 Å². The molecule has 4 saturated carbocycles. The summed E-state index contributed by atoms with van der Waals surface area (Å²) in [5, 5.41) is 25.1. The Hall–Kier alpha value is -3.04. The van der Waals surface area contributed by atoms with Gasteiger partial charge in [0.05, 0.1) is 28.8 Å². The van der Waals surface area contributed by atoms with Crippen molar-refractivity contribution in [2.45, 2.75) is 175 Å². The number of Topliss-reactive ketones (excluding diaryl/α,β-unsaturated/α-hetero) is 2. The number of aryl methyl sites for hydroxylation is 1. The van der Waals surface area contributed by atoms with Crippen molar-refractivity contribution < 1.29 is 29.3 Å². The summed E-state index contributed by atoms with van der Waals surface area (Å²) < 4.78 is 14.0. The van der Waals surface area contributed by atoms with Crippen molar-refractivity contribution in [3.8, 4) is 0 Å². The van der Waals surface area contributed by atoms with E-state index in [0.717, 1.165) is 86.8 Å². The summed E-state index contributed by atoms with van der Waals surface area (Å²) in [6.07, 6.45) is 14.4.